The Morgan fingerprint density at radius 1 is 1.14 bits per heavy atom. The van der Waals surface area contributed by atoms with Crippen LogP contribution in [0.2, 0.25) is 0 Å². The van der Waals surface area contributed by atoms with Crippen molar-refractivity contribution >= 4 is 17.5 Å². The molecule has 5 nitrogen and oxygen atoms in total. The highest BCUT2D eigenvalue weighted by Gasteiger charge is 2.30. The zero-order chi connectivity index (χ0) is 20.0. The zero-order valence-corrected chi connectivity index (χ0v) is 15.2. The number of hydrogen-bond donors (Lipinski definition) is 2. The lowest BCUT2D eigenvalue weighted by atomic mass is 9.97. The summed E-state index contributed by atoms with van der Waals surface area (Å²) in [5, 5.41) is 5.54. The number of alkyl halides is 3. The molecular weight excluding hydrogens is 369 g/mol. The highest BCUT2D eigenvalue weighted by Crippen LogP contribution is 2.30. The summed E-state index contributed by atoms with van der Waals surface area (Å²) >= 11 is 0. The number of aromatic nitrogens is 2. The van der Waals surface area contributed by atoms with Gasteiger partial charge in [-0.15, -0.1) is 0 Å². The molecule has 0 saturated carbocycles. The van der Waals surface area contributed by atoms with Gasteiger partial charge in [-0.05, 0) is 50.3 Å². The molecule has 0 radical (unpaired) electrons. The molecular formula is C20H21F3N4O. The van der Waals surface area contributed by atoms with Gasteiger partial charge in [0.05, 0.1) is 11.1 Å². The molecule has 1 amide bonds. The molecule has 28 heavy (non-hydrogen) atoms. The first-order valence-corrected chi connectivity index (χ1v) is 9.14. The van der Waals surface area contributed by atoms with Crippen LogP contribution >= 0.6 is 0 Å². The fraction of sp³-hybridized carbons (Fsp3) is 0.350. The fourth-order valence-corrected chi connectivity index (χ4v) is 2.98. The van der Waals surface area contributed by atoms with Crippen LogP contribution in [0.15, 0.2) is 48.3 Å². The van der Waals surface area contributed by atoms with Crippen molar-refractivity contribution in [2.24, 2.45) is 0 Å². The van der Waals surface area contributed by atoms with E-state index in [1.165, 1.54) is 42.9 Å². The number of rotatable bonds is 6. The van der Waals surface area contributed by atoms with Crippen molar-refractivity contribution in [1.29, 1.82) is 0 Å². The van der Waals surface area contributed by atoms with Crippen molar-refractivity contribution in [2.45, 2.75) is 38.3 Å². The smallest absolute Gasteiger partial charge is 0.354 e. The summed E-state index contributed by atoms with van der Waals surface area (Å²) in [6.07, 6.45) is 6.20. The van der Waals surface area contributed by atoms with Crippen LogP contribution in [0, 0.1) is 0 Å². The third kappa shape index (κ3) is 5.55. The third-order valence-electron chi connectivity index (χ3n) is 4.48. The van der Waals surface area contributed by atoms with Gasteiger partial charge in [-0.2, -0.15) is 13.2 Å². The Labute approximate surface area is 161 Å². The Morgan fingerprint density at radius 3 is 2.61 bits per heavy atom. The summed E-state index contributed by atoms with van der Waals surface area (Å²) in [7, 11) is 0. The minimum atomic E-state index is -4.47. The molecule has 1 aromatic heterocycles. The monoisotopic (exact) mass is 390 g/mol. The van der Waals surface area contributed by atoms with Crippen molar-refractivity contribution < 1.29 is 18.0 Å². The number of benzene rings is 1. The van der Waals surface area contributed by atoms with Crippen LogP contribution in [0.3, 0.4) is 0 Å². The number of hydrogen-bond acceptors (Lipinski definition) is 4. The zero-order valence-electron chi connectivity index (χ0n) is 15.2. The molecule has 1 aliphatic rings. The van der Waals surface area contributed by atoms with E-state index in [0.29, 0.717) is 12.5 Å². The van der Waals surface area contributed by atoms with Gasteiger partial charge in [0.1, 0.15) is 0 Å². The van der Waals surface area contributed by atoms with E-state index in [1.807, 2.05) is 0 Å². The number of amides is 1. The summed E-state index contributed by atoms with van der Waals surface area (Å²) in [6, 6.07) is 4.46. The van der Waals surface area contributed by atoms with Crippen LogP contribution in [-0.4, -0.2) is 22.4 Å². The molecule has 3 rings (SSSR count). The largest absolute Gasteiger partial charge is 0.416 e. The van der Waals surface area contributed by atoms with E-state index < -0.39 is 17.6 Å². The minimum absolute atomic E-state index is 0.0581. The van der Waals surface area contributed by atoms with Crippen LogP contribution in [0.1, 0.15) is 48.0 Å². The summed E-state index contributed by atoms with van der Waals surface area (Å²) in [5.41, 5.74) is 0.839. The maximum Gasteiger partial charge on any atom is 0.416 e. The first-order chi connectivity index (χ1) is 13.4. The topological polar surface area (TPSA) is 66.9 Å². The first-order valence-electron chi connectivity index (χ1n) is 9.14. The van der Waals surface area contributed by atoms with Crippen molar-refractivity contribution in [3.63, 3.8) is 0 Å². The van der Waals surface area contributed by atoms with Crippen LogP contribution < -0.4 is 10.6 Å². The van der Waals surface area contributed by atoms with Crippen LogP contribution in [0.25, 0.3) is 0 Å². The van der Waals surface area contributed by atoms with Crippen molar-refractivity contribution in [1.82, 2.24) is 9.97 Å². The minimum Gasteiger partial charge on any atom is -0.354 e. The first kappa shape index (κ1) is 19.9. The summed E-state index contributed by atoms with van der Waals surface area (Å²) in [5.74, 6) is -0.162. The highest BCUT2D eigenvalue weighted by atomic mass is 19.4. The Bertz CT molecular complexity index is 847. The molecule has 0 unspecified atom stereocenters. The molecule has 2 aromatic rings. The molecule has 0 aliphatic heterocycles. The second-order valence-electron chi connectivity index (χ2n) is 6.61. The number of carbonyl (C=O) groups is 1. The number of nitrogens with zero attached hydrogens (tertiary/aromatic N) is 2. The maximum atomic E-state index is 12.8. The number of nitrogens with one attached hydrogen (secondary N) is 2. The Balaban J connectivity index is 1.54. The Hall–Kier alpha value is -2.90. The SMILES string of the molecule is O=C(Nc1cccc(C(F)(F)F)c1)c1cnc(NCCC2=CCCCC2)nc1. The second-order valence-corrected chi connectivity index (χ2v) is 6.61. The summed E-state index contributed by atoms with van der Waals surface area (Å²) in [4.78, 5) is 20.4. The lowest BCUT2D eigenvalue weighted by molar-refractivity contribution is -0.137. The summed E-state index contributed by atoms with van der Waals surface area (Å²) in [6.45, 7) is 0.710. The van der Waals surface area contributed by atoms with E-state index in [4.69, 9.17) is 0 Å². The Morgan fingerprint density at radius 2 is 1.93 bits per heavy atom. The van der Waals surface area contributed by atoms with Crippen LogP contribution in [0.5, 0.6) is 0 Å². The van der Waals surface area contributed by atoms with Gasteiger partial charge in [-0.25, -0.2) is 9.97 Å². The molecule has 1 heterocycles. The predicted octanol–water partition coefficient (Wildman–Crippen LogP) is 5.05. The van der Waals surface area contributed by atoms with E-state index in [-0.39, 0.29) is 11.3 Å². The van der Waals surface area contributed by atoms with E-state index in [1.54, 1.807) is 0 Å². The lowest BCUT2D eigenvalue weighted by Crippen LogP contribution is -2.14. The van der Waals surface area contributed by atoms with E-state index in [2.05, 4.69) is 26.7 Å². The highest BCUT2D eigenvalue weighted by molar-refractivity contribution is 6.03. The number of carbonyl (C=O) groups excluding carboxylic acids is 1. The predicted molar refractivity (Wildman–Crippen MR) is 101 cm³/mol. The lowest BCUT2D eigenvalue weighted by Gasteiger charge is -2.13. The number of anilines is 2. The molecule has 0 fully saturated rings. The molecule has 1 aromatic carbocycles. The Kier molecular flexibility index (Phi) is 6.28. The molecule has 0 bridgehead atoms. The average molecular weight is 390 g/mol. The molecule has 148 valence electrons. The fourth-order valence-electron chi connectivity index (χ4n) is 2.98. The van der Waals surface area contributed by atoms with Crippen molar-refractivity contribution in [3.8, 4) is 0 Å². The van der Waals surface area contributed by atoms with E-state index >= 15 is 0 Å². The van der Waals surface area contributed by atoms with Crippen LogP contribution in [-0.2, 0) is 6.18 Å². The molecule has 0 spiro atoms. The van der Waals surface area contributed by atoms with Gasteiger partial charge in [0, 0.05) is 24.6 Å². The van der Waals surface area contributed by atoms with Crippen molar-refractivity contribution in [2.75, 3.05) is 17.2 Å². The molecule has 0 atom stereocenters. The quantitative estimate of drug-likeness (QED) is 0.678. The average Bonchev–Trinajstić information content (AvgIpc) is 2.69. The van der Waals surface area contributed by atoms with Gasteiger partial charge < -0.3 is 10.6 Å². The third-order valence-corrected chi connectivity index (χ3v) is 4.48. The van der Waals surface area contributed by atoms with Crippen LogP contribution in [0.4, 0.5) is 24.8 Å². The van der Waals surface area contributed by atoms with Crippen molar-refractivity contribution in [3.05, 3.63) is 59.4 Å². The normalized spacial score (nSPS) is 14.3. The van der Waals surface area contributed by atoms with Gasteiger partial charge in [0.25, 0.3) is 5.91 Å². The van der Waals surface area contributed by atoms with Gasteiger partial charge in [0.15, 0.2) is 0 Å². The molecule has 8 heteroatoms. The molecule has 2 N–H and O–H groups in total. The summed E-state index contributed by atoms with van der Waals surface area (Å²) < 4.78 is 38.3. The van der Waals surface area contributed by atoms with Gasteiger partial charge >= 0.3 is 6.18 Å². The van der Waals surface area contributed by atoms with E-state index in [9.17, 15) is 18.0 Å². The standard InChI is InChI=1S/C20H21F3N4O/c21-20(22,23)16-7-4-8-17(11-16)27-18(28)15-12-25-19(26-13-15)24-10-9-14-5-2-1-3-6-14/h4-5,7-8,11-13H,1-3,6,9-10H2,(H,27,28)(H,24,25,26). The second kappa shape index (κ2) is 8.86. The number of halogens is 3. The van der Waals surface area contributed by atoms with Gasteiger partial charge in [-0.3, -0.25) is 4.79 Å². The number of allylic oxidation sites excluding steroid dienone is 1. The van der Waals surface area contributed by atoms with E-state index in [0.717, 1.165) is 31.4 Å². The van der Waals surface area contributed by atoms with Gasteiger partial charge in [-0.1, -0.05) is 17.7 Å². The maximum absolute atomic E-state index is 12.8. The molecule has 1 aliphatic carbocycles. The molecule has 0 saturated heterocycles. The van der Waals surface area contributed by atoms with Gasteiger partial charge in [0.2, 0.25) is 5.95 Å².